The predicted molar refractivity (Wildman–Crippen MR) is 77.9 cm³/mol. The Labute approximate surface area is 113 Å². The Morgan fingerprint density at radius 2 is 1.89 bits per heavy atom. The van der Waals surface area contributed by atoms with Gasteiger partial charge in [0.25, 0.3) is 0 Å². The second-order valence-corrected chi connectivity index (χ2v) is 5.40. The molecule has 1 aliphatic carbocycles. The van der Waals surface area contributed by atoms with Crippen LogP contribution in [0.4, 0.5) is 5.69 Å². The highest BCUT2D eigenvalue weighted by atomic mass is 35.5. The van der Waals surface area contributed by atoms with Crippen LogP contribution in [0.15, 0.2) is 42.5 Å². The fourth-order valence-corrected chi connectivity index (χ4v) is 2.77. The molecule has 2 aromatic carbocycles. The summed E-state index contributed by atoms with van der Waals surface area (Å²) in [5, 5.41) is 0.723. The van der Waals surface area contributed by atoms with Crippen molar-refractivity contribution in [3.63, 3.8) is 0 Å². The third-order valence-corrected chi connectivity index (χ3v) is 4.08. The maximum absolute atomic E-state index is 6.26. The Balaban J connectivity index is 2.00. The second-order valence-electron chi connectivity index (χ2n) is 4.99. The molecule has 1 fully saturated rings. The van der Waals surface area contributed by atoms with E-state index in [0.717, 1.165) is 16.5 Å². The van der Waals surface area contributed by atoms with E-state index in [1.807, 2.05) is 18.2 Å². The minimum absolute atomic E-state index is 0.707. The third-order valence-electron chi connectivity index (χ3n) is 3.77. The summed E-state index contributed by atoms with van der Waals surface area (Å²) in [6.07, 6.45) is 4.00. The number of hydrogen-bond acceptors (Lipinski definition) is 1. The highest BCUT2D eigenvalue weighted by molar-refractivity contribution is 6.33. The van der Waals surface area contributed by atoms with Gasteiger partial charge in [-0.05, 0) is 42.0 Å². The third kappa shape index (κ3) is 2.11. The van der Waals surface area contributed by atoms with Gasteiger partial charge in [-0.15, -0.1) is 0 Å². The van der Waals surface area contributed by atoms with Crippen LogP contribution in [0.25, 0.3) is 11.1 Å². The van der Waals surface area contributed by atoms with Crippen LogP contribution in [0.5, 0.6) is 0 Å². The van der Waals surface area contributed by atoms with Crippen LogP contribution in [0.1, 0.15) is 30.7 Å². The lowest BCUT2D eigenvalue weighted by Crippen LogP contribution is -2.08. The monoisotopic (exact) mass is 257 g/mol. The van der Waals surface area contributed by atoms with Gasteiger partial charge < -0.3 is 5.73 Å². The topological polar surface area (TPSA) is 26.0 Å². The number of hydrogen-bond donors (Lipinski definition) is 1. The average Bonchev–Trinajstić information content (AvgIpc) is 2.27. The standard InChI is InChI=1S/C16H16ClN/c17-16-10-14(18)7-8-15(16)13-6-2-5-12(9-13)11-3-1-4-11/h2,5-11H,1,3-4,18H2. The molecule has 2 N–H and O–H groups in total. The van der Waals surface area contributed by atoms with Gasteiger partial charge in [0.05, 0.1) is 5.02 Å². The molecule has 2 aromatic rings. The van der Waals surface area contributed by atoms with E-state index in [9.17, 15) is 0 Å². The summed E-state index contributed by atoms with van der Waals surface area (Å²) < 4.78 is 0. The van der Waals surface area contributed by atoms with Crippen LogP contribution >= 0.6 is 11.6 Å². The van der Waals surface area contributed by atoms with Crippen molar-refractivity contribution in [2.45, 2.75) is 25.2 Å². The van der Waals surface area contributed by atoms with Gasteiger partial charge in [-0.3, -0.25) is 0 Å². The first-order valence-corrected chi connectivity index (χ1v) is 6.77. The Kier molecular flexibility index (Phi) is 3.00. The second kappa shape index (κ2) is 4.66. The first-order chi connectivity index (χ1) is 8.74. The van der Waals surface area contributed by atoms with Crippen molar-refractivity contribution in [3.05, 3.63) is 53.1 Å². The van der Waals surface area contributed by atoms with E-state index in [1.165, 1.54) is 30.4 Å². The highest BCUT2D eigenvalue weighted by Gasteiger charge is 2.19. The van der Waals surface area contributed by atoms with E-state index in [4.69, 9.17) is 17.3 Å². The van der Waals surface area contributed by atoms with Crippen LogP contribution in [0, 0.1) is 0 Å². The predicted octanol–water partition coefficient (Wildman–Crippen LogP) is 4.86. The van der Waals surface area contributed by atoms with Gasteiger partial charge in [-0.25, -0.2) is 0 Å². The first-order valence-electron chi connectivity index (χ1n) is 6.39. The van der Waals surface area contributed by atoms with Crippen molar-refractivity contribution in [2.75, 3.05) is 5.73 Å². The Hall–Kier alpha value is -1.47. The molecule has 1 aliphatic rings. The molecule has 0 bridgehead atoms. The number of nitrogens with two attached hydrogens (primary N) is 1. The lowest BCUT2D eigenvalue weighted by atomic mass is 9.79. The molecule has 2 heteroatoms. The van der Waals surface area contributed by atoms with Crippen LogP contribution in [-0.4, -0.2) is 0 Å². The zero-order valence-electron chi connectivity index (χ0n) is 10.2. The smallest absolute Gasteiger partial charge is 0.0504 e. The number of rotatable bonds is 2. The van der Waals surface area contributed by atoms with E-state index in [-0.39, 0.29) is 0 Å². The van der Waals surface area contributed by atoms with E-state index >= 15 is 0 Å². The summed E-state index contributed by atoms with van der Waals surface area (Å²) in [7, 11) is 0. The van der Waals surface area contributed by atoms with Gasteiger partial charge in [0, 0.05) is 11.3 Å². The van der Waals surface area contributed by atoms with Crippen LogP contribution in [-0.2, 0) is 0 Å². The maximum atomic E-state index is 6.26. The van der Waals surface area contributed by atoms with Gasteiger partial charge in [0.15, 0.2) is 0 Å². The number of halogens is 1. The maximum Gasteiger partial charge on any atom is 0.0504 e. The molecule has 0 amide bonds. The SMILES string of the molecule is Nc1ccc(-c2cccc(C3CCC3)c2)c(Cl)c1. The van der Waals surface area contributed by atoms with Crippen LogP contribution in [0.2, 0.25) is 5.02 Å². The van der Waals surface area contributed by atoms with Crippen molar-refractivity contribution >= 4 is 17.3 Å². The zero-order valence-corrected chi connectivity index (χ0v) is 11.0. The van der Waals surface area contributed by atoms with E-state index < -0.39 is 0 Å². The summed E-state index contributed by atoms with van der Waals surface area (Å²) in [4.78, 5) is 0. The largest absolute Gasteiger partial charge is 0.399 e. The number of benzene rings is 2. The lowest BCUT2D eigenvalue weighted by molar-refractivity contribution is 0.420. The van der Waals surface area contributed by atoms with Crippen molar-refractivity contribution < 1.29 is 0 Å². The molecule has 0 radical (unpaired) electrons. The van der Waals surface area contributed by atoms with Gasteiger partial charge >= 0.3 is 0 Å². The van der Waals surface area contributed by atoms with Gasteiger partial charge in [0.2, 0.25) is 0 Å². The van der Waals surface area contributed by atoms with E-state index in [0.29, 0.717) is 5.69 Å². The van der Waals surface area contributed by atoms with Crippen molar-refractivity contribution in [1.29, 1.82) is 0 Å². The van der Waals surface area contributed by atoms with Gasteiger partial charge in [0.1, 0.15) is 0 Å². The fourth-order valence-electron chi connectivity index (χ4n) is 2.47. The molecule has 0 aromatic heterocycles. The van der Waals surface area contributed by atoms with Gasteiger partial charge in [-0.2, -0.15) is 0 Å². The Morgan fingerprint density at radius 3 is 2.56 bits per heavy atom. The highest BCUT2D eigenvalue weighted by Crippen LogP contribution is 2.38. The molecule has 0 aliphatic heterocycles. The van der Waals surface area contributed by atoms with Crippen LogP contribution < -0.4 is 5.73 Å². The van der Waals surface area contributed by atoms with Crippen LogP contribution in [0.3, 0.4) is 0 Å². The lowest BCUT2D eigenvalue weighted by Gasteiger charge is -2.26. The summed E-state index contributed by atoms with van der Waals surface area (Å²) in [6, 6.07) is 14.4. The number of nitrogen functional groups attached to an aromatic ring is 1. The fraction of sp³-hybridized carbons (Fsp3) is 0.250. The molecule has 3 rings (SSSR count). The molecule has 0 atom stereocenters. The minimum atomic E-state index is 0.707. The molecule has 0 heterocycles. The molecule has 1 nitrogen and oxygen atoms in total. The zero-order chi connectivity index (χ0) is 12.5. The van der Waals surface area contributed by atoms with Crippen molar-refractivity contribution in [1.82, 2.24) is 0 Å². The normalized spacial score (nSPS) is 15.4. The van der Waals surface area contributed by atoms with Gasteiger partial charge in [-0.1, -0.05) is 48.4 Å². The summed E-state index contributed by atoms with van der Waals surface area (Å²) >= 11 is 6.26. The first kappa shape index (κ1) is 11.6. The van der Waals surface area contributed by atoms with E-state index in [2.05, 4.69) is 24.3 Å². The summed E-state index contributed by atoms with van der Waals surface area (Å²) in [6.45, 7) is 0. The summed E-state index contributed by atoms with van der Waals surface area (Å²) in [5.41, 5.74) is 10.1. The van der Waals surface area contributed by atoms with Crippen molar-refractivity contribution in [3.8, 4) is 11.1 Å². The summed E-state index contributed by atoms with van der Waals surface area (Å²) in [5.74, 6) is 0.748. The Bertz CT molecular complexity index is 573. The molecular weight excluding hydrogens is 242 g/mol. The quantitative estimate of drug-likeness (QED) is 0.764. The number of anilines is 1. The molecule has 0 unspecified atom stereocenters. The average molecular weight is 258 g/mol. The molecular formula is C16H16ClN. The Morgan fingerprint density at radius 1 is 1.06 bits per heavy atom. The minimum Gasteiger partial charge on any atom is -0.399 e. The molecule has 0 spiro atoms. The molecule has 0 saturated heterocycles. The van der Waals surface area contributed by atoms with E-state index in [1.54, 1.807) is 0 Å². The molecule has 18 heavy (non-hydrogen) atoms. The van der Waals surface area contributed by atoms with Crippen molar-refractivity contribution in [2.24, 2.45) is 0 Å². The molecule has 1 saturated carbocycles. The molecule has 92 valence electrons.